The van der Waals surface area contributed by atoms with E-state index in [1.807, 2.05) is 27.7 Å². The van der Waals surface area contributed by atoms with Crippen LogP contribution in [0.4, 0.5) is 0 Å². The Morgan fingerprint density at radius 3 is 2.10 bits per heavy atom. The molecule has 0 bridgehead atoms. The van der Waals surface area contributed by atoms with Crippen LogP contribution >= 0.6 is 0 Å². The normalized spacial score (nSPS) is 12.1. The molecule has 0 aliphatic carbocycles. The molecule has 0 fully saturated rings. The van der Waals surface area contributed by atoms with Crippen LogP contribution < -0.4 is 4.72 Å². The van der Waals surface area contributed by atoms with Gasteiger partial charge >= 0.3 is 0 Å². The van der Waals surface area contributed by atoms with Crippen LogP contribution in [-0.2, 0) is 10.0 Å². The number of ketones is 1. The first-order valence-corrected chi connectivity index (χ1v) is 8.83. The Bertz CT molecular complexity index is 560. The molecule has 0 saturated carbocycles. The van der Waals surface area contributed by atoms with Gasteiger partial charge in [0.05, 0.1) is 4.90 Å². The van der Waals surface area contributed by atoms with Crippen LogP contribution in [0, 0.1) is 11.8 Å². The molecular weight excluding hydrogens is 286 g/mol. The van der Waals surface area contributed by atoms with E-state index >= 15 is 0 Å². The molecule has 0 unspecified atom stereocenters. The van der Waals surface area contributed by atoms with Crippen LogP contribution in [0.3, 0.4) is 0 Å². The van der Waals surface area contributed by atoms with E-state index in [1.54, 1.807) is 12.1 Å². The number of hydrogen-bond acceptors (Lipinski definition) is 3. The monoisotopic (exact) mass is 311 g/mol. The molecule has 1 aromatic carbocycles. The Morgan fingerprint density at radius 1 is 1.05 bits per heavy atom. The molecular formula is C16H25NO3S. The van der Waals surface area contributed by atoms with Crippen LogP contribution in [0.5, 0.6) is 0 Å². The van der Waals surface area contributed by atoms with E-state index in [0.29, 0.717) is 30.4 Å². The van der Waals surface area contributed by atoms with Crippen molar-refractivity contribution in [2.24, 2.45) is 11.8 Å². The van der Waals surface area contributed by atoms with Gasteiger partial charge in [-0.25, -0.2) is 13.1 Å². The zero-order valence-electron chi connectivity index (χ0n) is 13.2. The maximum absolute atomic E-state index is 12.1. The molecule has 0 saturated heterocycles. The zero-order valence-corrected chi connectivity index (χ0v) is 14.0. The SMILES string of the molecule is CC(C)CCNS(=O)(=O)c1ccc(C(=O)CC(C)C)cc1. The summed E-state index contributed by atoms with van der Waals surface area (Å²) in [4.78, 5) is 12.1. The lowest BCUT2D eigenvalue weighted by molar-refractivity contribution is 0.0967. The highest BCUT2D eigenvalue weighted by Gasteiger charge is 2.15. The molecule has 21 heavy (non-hydrogen) atoms. The summed E-state index contributed by atoms with van der Waals surface area (Å²) in [6.07, 6.45) is 1.27. The largest absolute Gasteiger partial charge is 0.294 e. The highest BCUT2D eigenvalue weighted by Crippen LogP contribution is 2.14. The van der Waals surface area contributed by atoms with Crippen molar-refractivity contribution in [3.8, 4) is 0 Å². The van der Waals surface area contributed by atoms with Crippen molar-refractivity contribution in [2.45, 2.75) is 45.4 Å². The van der Waals surface area contributed by atoms with Crippen LogP contribution in [0.2, 0.25) is 0 Å². The van der Waals surface area contributed by atoms with Gasteiger partial charge in [-0.1, -0.05) is 39.8 Å². The third-order valence-corrected chi connectivity index (χ3v) is 4.57. The quantitative estimate of drug-likeness (QED) is 0.750. The first kappa shape index (κ1) is 17.9. The van der Waals surface area contributed by atoms with Crippen molar-refractivity contribution in [1.29, 1.82) is 0 Å². The Morgan fingerprint density at radius 2 is 1.62 bits per heavy atom. The summed E-state index contributed by atoms with van der Waals surface area (Å²) in [5.41, 5.74) is 0.560. The fourth-order valence-electron chi connectivity index (χ4n) is 1.87. The van der Waals surface area contributed by atoms with Gasteiger partial charge in [0.2, 0.25) is 10.0 Å². The molecule has 4 nitrogen and oxygen atoms in total. The minimum absolute atomic E-state index is 0.0433. The third kappa shape index (κ3) is 5.98. The number of sulfonamides is 1. The van der Waals surface area contributed by atoms with Gasteiger partial charge < -0.3 is 0 Å². The molecule has 118 valence electrons. The van der Waals surface area contributed by atoms with Gasteiger partial charge in [-0.2, -0.15) is 0 Å². The molecule has 0 spiro atoms. The van der Waals surface area contributed by atoms with E-state index in [-0.39, 0.29) is 10.7 Å². The fraction of sp³-hybridized carbons (Fsp3) is 0.562. The van der Waals surface area contributed by atoms with Crippen LogP contribution in [-0.4, -0.2) is 20.7 Å². The van der Waals surface area contributed by atoms with Crippen LogP contribution in [0.25, 0.3) is 0 Å². The summed E-state index contributed by atoms with van der Waals surface area (Å²) in [5, 5.41) is 0. The molecule has 0 radical (unpaired) electrons. The highest BCUT2D eigenvalue weighted by molar-refractivity contribution is 7.89. The Kier molecular flexibility index (Phi) is 6.55. The fourth-order valence-corrected chi connectivity index (χ4v) is 2.92. The van der Waals surface area contributed by atoms with Gasteiger partial charge in [-0.15, -0.1) is 0 Å². The minimum atomic E-state index is -3.48. The summed E-state index contributed by atoms with van der Waals surface area (Å²) in [6.45, 7) is 8.48. The predicted molar refractivity (Wildman–Crippen MR) is 84.9 cm³/mol. The highest BCUT2D eigenvalue weighted by atomic mass is 32.2. The first-order chi connectivity index (χ1) is 9.72. The lowest BCUT2D eigenvalue weighted by Gasteiger charge is -2.09. The van der Waals surface area contributed by atoms with Crippen molar-refractivity contribution in [3.05, 3.63) is 29.8 Å². The van der Waals surface area contributed by atoms with Gasteiger partial charge in [-0.05, 0) is 30.4 Å². The molecule has 0 aliphatic rings. The van der Waals surface area contributed by atoms with Crippen molar-refractivity contribution in [2.75, 3.05) is 6.54 Å². The van der Waals surface area contributed by atoms with Crippen molar-refractivity contribution in [3.63, 3.8) is 0 Å². The summed E-state index contributed by atoms with van der Waals surface area (Å²) < 4.78 is 26.7. The summed E-state index contributed by atoms with van der Waals surface area (Å²) in [6, 6.07) is 6.15. The summed E-state index contributed by atoms with van der Waals surface area (Å²) in [5.74, 6) is 0.782. The van der Waals surface area contributed by atoms with E-state index in [4.69, 9.17) is 0 Å². The topological polar surface area (TPSA) is 63.2 Å². The van der Waals surface area contributed by atoms with Gasteiger partial charge in [0.25, 0.3) is 0 Å². The molecule has 0 amide bonds. The number of hydrogen-bond donors (Lipinski definition) is 1. The number of nitrogens with one attached hydrogen (secondary N) is 1. The van der Waals surface area contributed by atoms with E-state index < -0.39 is 10.0 Å². The number of Topliss-reactive ketones (excluding diaryl/α,β-unsaturated/α-hetero) is 1. The van der Waals surface area contributed by atoms with E-state index in [2.05, 4.69) is 4.72 Å². The van der Waals surface area contributed by atoms with E-state index in [1.165, 1.54) is 12.1 Å². The molecule has 5 heteroatoms. The molecule has 1 N–H and O–H groups in total. The Hall–Kier alpha value is -1.20. The lowest BCUT2D eigenvalue weighted by atomic mass is 10.0. The van der Waals surface area contributed by atoms with Crippen molar-refractivity contribution < 1.29 is 13.2 Å². The Balaban J connectivity index is 2.74. The lowest BCUT2D eigenvalue weighted by Crippen LogP contribution is -2.25. The third-order valence-electron chi connectivity index (χ3n) is 3.09. The number of benzene rings is 1. The maximum Gasteiger partial charge on any atom is 0.240 e. The minimum Gasteiger partial charge on any atom is -0.294 e. The molecule has 0 aliphatic heterocycles. The molecule has 1 aromatic rings. The van der Waals surface area contributed by atoms with E-state index in [9.17, 15) is 13.2 Å². The van der Waals surface area contributed by atoms with Crippen molar-refractivity contribution in [1.82, 2.24) is 4.72 Å². The maximum atomic E-state index is 12.1. The second-order valence-corrected chi connectivity index (χ2v) is 7.89. The van der Waals surface area contributed by atoms with Gasteiger partial charge in [0.1, 0.15) is 0 Å². The second-order valence-electron chi connectivity index (χ2n) is 6.13. The van der Waals surface area contributed by atoms with Crippen LogP contribution in [0.1, 0.15) is 50.9 Å². The predicted octanol–water partition coefficient (Wildman–Crippen LogP) is 3.24. The van der Waals surface area contributed by atoms with Gasteiger partial charge in [0, 0.05) is 18.5 Å². The zero-order chi connectivity index (χ0) is 16.0. The molecule has 0 aromatic heterocycles. The smallest absolute Gasteiger partial charge is 0.240 e. The van der Waals surface area contributed by atoms with E-state index in [0.717, 1.165) is 6.42 Å². The van der Waals surface area contributed by atoms with Crippen molar-refractivity contribution >= 4 is 15.8 Å². The number of carbonyl (C=O) groups is 1. The van der Waals surface area contributed by atoms with Gasteiger partial charge in [-0.3, -0.25) is 4.79 Å². The molecule has 0 heterocycles. The first-order valence-electron chi connectivity index (χ1n) is 7.35. The molecule has 1 rings (SSSR count). The number of carbonyl (C=O) groups excluding carboxylic acids is 1. The standard InChI is InChI=1S/C16H25NO3S/c1-12(2)9-10-17-21(19,20)15-7-5-14(6-8-15)16(18)11-13(3)4/h5-8,12-13,17H,9-11H2,1-4H3. The van der Waals surface area contributed by atoms with Gasteiger partial charge in [0.15, 0.2) is 5.78 Å². The number of rotatable bonds is 8. The average molecular weight is 311 g/mol. The average Bonchev–Trinajstić information content (AvgIpc) is 2.37. The second kappa shape index (κ2) is 7.71. The Labute approximate surface area is 128 Å². The summed E-state index contributed by atoms with van der Waals surface area (Å²) >= 11 is 0. The van der Waals surface area contributed by atoms with Crippen LogP contribution in [0.15, 0.2) is 29.2 Å². The molecule has 0 atom stereocenters. The summed E-state index contributed by atoms with van der Waals surface area (Å²) in [7, 11) is -3.48.